The summed E-state index contributed by atoms with van der Waals surface area (Å²) < 4.78 is 0. The summed E-state index contributed by atoms with van der Waals surface area (Å²) in [5.74, 6) is 0. The van der Waals surface area contributed by atoms with Gasteiger partial charge >= 0.3 is 0 Å². The minimum absolute atomic E-state index is 0.725. The molecule has 1 aliphatic rings. The molecule has 0 spiro atoms. The zero-order chi connectivity index (χ0) is 13.5. The van der Waals surface area contributed by atoms with Gasteiger partial charge in [0.2, 0.25) is 0 Å². The second kappa shape index (κ2) is 7.34. The summed E-state index contributed by atoms with van der Waals surface area (Å²) in [6.45, 7) is 2.12. The van der Waals surface area contributed by atoms with E-state index in [9.17, 15) is 0 Å². The number of rotatable bonds is 6. The van der Waals surface area contributed by atoms with E-state index in [0.29, 0.717) is 0 Å². The van der Waals surface area contributed by atoms with Crippen LogP contribution in [0, 0.1) is 0 Å². The second-order valence-corrected chi connectivity index (χ2v) is 5.52. The van der Waals surface area contributed by atoms with Crippen molar-refractivity contribution in [3.05, 3.63) is 18.5 Å². The monoisotopic (exact) mass is 262 g/mol. The van der Waals surface area contributed by atoms with Crippen molar-refractivity contribution in [3.63, 3.8) is 0 Å². The average molecular weight is 262 g/mol. The zero-order valence-corrected chi connectivity index (χ0v) is 11.9. The van der Waals surface area contributed by atoms with Gasteiger partial charge in [0.1, 0.15) is 0 Å². The Morgan fingerprint density at radius 1 is 1.37 bits per heavy atom. The fourth-order valence-corrected chi connectivity index (χ4v) is 2.82. The lowest BCUT2D eigenvalue weighted by Gasteiger charge is -2.31. The first kappa shape index (κ1) is 14.1. The number of pyridine rings is 1. The van der Waals surface area contributed by atoms with Gasteiger partial charge in [-0.15, -0.1) is 0 Å². The Morgan fingerprint density at radius 3 is 2.89 bits per heavy atom. The number of nitrogens with zero attached hydrogens (tertiary/aromatic N) is 2. The molecule has 2 rings (SSSR count). The van der Waals surface area contributed by atoms with Crippen molar-refractivity contribution in [2.75, 3.05) is 31.2 Å². The van der Waals surface area contributed by atoms with E-state index in [0.717, 1.165) is 36.9 Å². The lowest BCUT2D eigenvalue weighted by molar-refractivity contribution is 0.191. The fraction of sp³-hybridized carbons (Fsp3) is 0.667. The van der Waals surface area contributed by atoms with Crippen LogP contribution in [0.5, 0.6) is 0 Å². The molecule has 1 fully saturated rings. The Morgan fingerprint density at radius 2 is 2.16 bits per heavy atom. The molecule has 1 heterocycles. The summed E-state index contributed by atoms with van der Waals surface area (Å²) in [5, 5.41) is 3.38. The van der Waals surface area contributed by atoms with Crippen LogP contribution >= 0.6 is 0 Å². The Balaban J connectivity index is 1.65. The number of hydrogen-bond donors (Lipinski definition) is 2. The first-order valence-corrected chi connectivity index (χ1v) is 7.41. The lowest BCUT2D eigenvalue weighted by Crippen LogP contribution is -2.34. The number of nitrogen functional groups attached to an aromatic ring is 1. The molecule has 1 aromatic rings. The first-order valence-electron chi connectivity index (χ1n) is 7.41. The molecule has 0 radical (unpaired) electrons. The van der Waals surface area contributed by atoms with Crippen LogP contribution in [-0.4, -0.2) is 36.1 Å². The van der Waals surface area contributed by atoms with Crippen molar-refractivity contribution < 1.29 is 0 Å². The number of anilines is 2. The SMILES string of the molecule is CN(CCCNc1ccncc1N)C1CCCCC1. The minimum atomic E-state index is 0.725. The molecule has 0 atom stereocenters. The van der Waals surface area contributed by atoms with Gasteiger partial charge in [-0.3, -0.25) is 4.98 Å². The maximum Gasteiger partial charge on any atom is 0.0736 e. The third-order valence-corrected chi connectivity index (χ3v) is 4.05. The maximum atomic E-state index is 5.84. The Kier molecular flexibility index (Phi) is 5.45. The van der Waals surface area contributed by atoms with Crippen LogP contribution < -0.4 is 11.1 Å². The fourth-order valence-electron chi connectivity index (χ4n) is 2.82. The molecule has 0 aliphatic heterocycles. The molecule has 1 aliphatic carbocycles. The molecule has 4 nitrogen and oxygen atoms in total. The highest BCUT2D eigenvalue weighted by Crippen LogP contribution is 2.21. The summed E-state index contributed by atoms with van der Waals surface area (Å²) >= 11 is 0. The standard InChI is InChI=1S/C15H26N4/c1-19(13-6-3-2-4-7-13)11-5-9-18-15-8-10-17-12-14(15)16/h8,10,12-13H,2-7,9,11,16H2,1H3,(H,17,18). The molecule has 0 aromatic carbocycles. The van der Waals surface area contributed by atoms with Gasteiger partial charge in [-0.05, 0) is 38.9 Å². The largest absolute Gasteiger partial charge is 0.396 e. The molecule has 0 amide bonds. The van der Waals surface area contributed by atoms with E-state index in [1.807, 2.05) is 6.07 Å². The Labute approximate surface area is 116 Å². The normalized spacial score (nSPS) is 16.7. The van der Waals surface area contributed by atoms with Gasteiger partial charge in [0, 0.05) is 18.8 Å². The predicted octanol–water partition coefficient (Wildman–Crippen LogP) is 2.73. The van der Waals surface area contributed by atoms with Crippen molar-refractivity contribution in [1.82, 2.24) is 9.88 Å². The lowest BCUT2D eigenvalue weighted by atomic mass is 9.94. The van der Waals surface area contributed by atoms with Crippen LogP contribution in [0.15, 0.2) is 18.5 Å². The summed E-state index contributed by atoms with van der Waals surface area (Å²) in [5.41, 5.74) is 7.56. The first-order chi connectivity index (χ1) is 9.27. The molecule has 1 saturated carbocycles. The summed E-state index contributed by atoms with van der Waals surface area (Å²) in [7, 11) is 2.26. The third kappa shape index (κ3) is 4.39. The van der Waals surface area contributed by atoms with Crippen LogP contribution in [0.1, 0.15) is 38.5 Å². The van der Waals surface area contributed by atoms with E-state index >= 15 is 0 Å². The number of nitrogens with two attached hydrogens (primary N) is 1. The number of aromatic nitrogens is 1. The highest BCUT2D eigenvalue weighted by Gasteiger charge is 2.17. The molecular weight excluding hydrogens is 236 g/mol. The van der Waals surface area contributed by atoms with E-state index in [1.165, 1.54) is 32.1 Å². The molecular formula is C15H26N4. The molecule has 106 valence electrons. The molecule has 1 aromatic heterocycles. The van der Waals surface area contributed by atoms with E-state index in [1.54, 1.807) is 12.4 Å². The maximum absolute atomic E-state index is 5.84. The second-order valence-electron chi connectivity index (χ2n) is 5.52. The minimum Gasteiger partial charge on any atom is -0.396 e. The van der Waals surface area contributed by atoms with Crippen LogP contribution in [0.2, 0.25) is 0 Å². The van der Waals surface area contributed by atoms with Crippen LogP contribution in [0.25, 0.3) is 0 Å². The predicted molar refractivity (Wildman–Crippen MR) is 81.3 cm³/mol. The molecule has 4 heteroatoms. The Bertz CT molecular complexity index is 374. The quantitative estimate of drug-likeness (QED) is 0.774. The zero-order valence-electron chi connectivity index (χ0n) is 11.9. The summed E-state index contributed by atoms with van der Waals surface area (Å²) in [4.78, 5) is 6.51. The van der Waals surface area contributed by atoms with Crippen molar-refractivity contribution in [2.24, 2.45) is 0 Å². The van der Waals surface area contributed by atoms with Gasteiger partial charge in [0.05, 0.1) is 17.6 Å². The van der Waals surface area contributed by atoms with Crippen LogP contribution in [0.4, 0.5) is 11.4 Å². The van der Waals surface area contributed by atoms with E-state index < -0.39 is 0 Å². The number of hydrogen-bond acceptors (Lipinski definition) is 4. The van der Waals surface area contributed by atoms with Gasteiger partial charge in [-0.2, -0.15) is 0 Å². The highest BCUT2D eigenvalue weighted by molar-refractivity contribution is 5.64. The van der Waals surface area contributed by atoms with Gasteiger partial charge in [-0.1, -0.05) is 19.3 Å². The van der Waals surface area contributed by atoms with Gasteiger partial charge in [0.15, 0.2) is 0 Å². The third-order valence-electron chi connectivity index (χ3n) is 4.05. The van der Waals surface area contributed by atoms with Gasteiger partial charge in [0.25, 0.3) is 0 Å². The smallest absolute Gasteiger partial charge is 0.0736 e. The van der Waals surface area contributed by atoms with Crippen LogP contribution in [-0.2, 0) is 0 Å². The average Bonchev–Trinajstić information content (AvgIpc) is 2.46. The molecule has 3 N–H and O–H groups in total. The van der Waals surface area contributed by atoms with Crippen molar-refractivity contribution >= 4 is 11.4 Å². The summed E-state index contributed by atoms with van der Waals surface area (Å²) in [6, 6.07) is 2.74. The molecule has 0 saturated heterocycles. The Hall–Kier alpha value is -1.29. The van der Waals surface area contributed by atoms with Crippen molar-refractivity contribution in [1.29, 1.82) is 0 Å². The highest BCUT2D eigenvalue weighted by atomic mass is 15.1. The summed E-state index contributed by atoms with van der Waals surface area (Å²) in [6.07, 6.45) is 11.6. The van der Waals surface area contributed by atoms with Crippen LogP contribution in [0.3, 0.4) is 0 Å². The topological polar surface area (TPSA) is 54.2 Å². The van der Waals surface area contributed by atoms with E-state index in [4.69, 9.17) is 5.73 Å². The molecule has 19 heavy (non-hydrogen) atoms. The van der Waals surface area contributed by atoms with E-state index in [-0.39, 0.29) is 0 Å². The molecule has 0 unspecified atom stereocenters. The van der Waals surface area contributed by atoms with Crippen molar-refractivity contribution in [2.45, 2.75) is 44.6 Å². The van der Waals surface area contributed by atoms with E-state index in [2.05, 4.69) is 22.2 Å². The van der Waals surface area contributed by atoms with Gasteiger partial charge < -0.3 is 16.0 Å². The van der Waals surface area contributed by atoms with Gasteiger partial charge in [-0.25, -0.2) is 0 Å². The number of nitrogens with one attached hydrogen (secondary N) is 1. The molecule has 0 bridgehead atoms. The van der Waals surface area contributed by atoms with Crippen molar-refractivity contribution in [3.8, 4) is 0 Å².